The van der Waals surface area contributed by atoms with Gasteiger partial charge in [-0.1, -0.05) is 11.6 Å². The summed E-state index contributed by atoms with van der Waals surface area (Å²) in [5, 5.41) is 10.4. The Hall–Kier alpha value is -1.14. The fourth-order valence-electron chi connectivity index (χ4n) is 0.860. The fourth-order valence-corrected chi connectivity index (χ4v) is 1.50. The lowest BCUT2D eigenvalue weighted by molar-refractivity contribution is -0.384. The van der Waals surface area contributed by atoms with E-state index in [0.29, 0.717) is 0 Å². The lowest BCUT2D eigenvalue weighted by Gasteiger charge is -2.09. The molecule has 0 heterocycles. The topological polar surface area (TPSA) is 98.9 Å². The number of nitro groups is 1. The molecule has 1 unspecified atom stereocenters. The van der Waals surface area contributed by atoms with Crippen molar-refractivity contribution < 1.29 is 23.4 Å². The molecular weight excluding hydrogens is 261 g/mol. The summed E-state index contributed by atoms with van der Waals surface area (Å²) >= 11 is 5.54. The molecule has 0 saturated carbocycles. The molecule has 1 rings (SSSR count). The lowest BCUT2D eigenvalue weighted by Crippen LogP contribution is -1.95. The zero-order valence-corrected chi connectivity index (χ0v) is 9.64. The first-order valence-corrected chi connectivity index (χ1v) is 5.75. The van der Waals surface area contributed by atoms with Gasteiger partial charge in [0.2, 0.25) is 0 Å². The van der Waals surface area contributed by atoms with Crippen molar-refractivity contribution in [3.63, 3.8) is 0 Å². The third-order valence-electron chi connectivity index (χ3n) is 1.57. The Bertz CT molecular complexity index is 464. The van der Waals surface area contributed by atoms with Crippen LogP contribution in [-0.2, 0) is 9.09 Å². The monoisotopic (exact) mass is 267 g/mol. The van der Waals surface area contributed by atoms with Gasteiger partial charge >= 0.3 is 7.82 Å². The number of nitro benzene ring substituents is 1. The highest BCUT2D eigenvalue weighted by atomic mass is 35.5. The summed E-state index contributed by atoms with van der Waals surface area (Å²) in [4.78, 5) is 18.8. The van der Waals surface area contributed by atoms with Gasteiger partial charge in [-0.25, -0.2) is 4.57 Å². The summed E-state index contributed by atoms with van der Waals surface area (Å²) in [5.74, 6) is -0.177. The number of hydrogen-bond acceptors (Lipinski definition) is 5. The molecule has 7 nitrogen and oxygen atoms in total. The van der Waals surface area contributed by atoms with Crippen LogP contribution in [0.25, 0.3) is 0 Å². The smallest absolute Gasteiger partial charge is 0.404 e. The number of phosphoric acid groups is 1. The second kappa shape index (κ2) is 4.80. The van der Waals surface area contributed by atoms with Crippen LogP contribution in [0.2, 0.25) is 5.02 Å². The molecule has 0 saturated heterocycles. The number of benzene rings is 1. The zero-order valence-electron chi connectivity index (χ0n) is 7.99. The lowest BCUT2D eigenvalue weighted by atomic mass is 10.3. The van der Waals surface area contributed by atoms with Gasteiger partial charge in [0.15, 0.2) is 0 Å². The Labute approximate surface area is 95.3 Å². The van der Waals surface area contributed by atoms with Crippen molar-refractivity contribution in [1.82, 2.24) is 0 Å². The van der Waals surface area contributed by atoms with Gasteiger partial charge in [0.25, 0.3) is 5.69 Å². The van der Waals surface area contributed by atoms with E-state index in [2.05, 4.69) is 9.05 Å². The second-order valence-corrected chi connectivity index (χ2v) is 4.50. The molecule has 16 heavy (non-hydrogen) atoms. The largest absolute Gasteiger partial charge is 0.527 e. The van der Waals surface area contributed by atoms with Crippen molar-refractivity contribution in [3.8, 4) is 5.75 Å². The van der Waals surface area contributed by atoms with Crippen LogP contribution in [0.5, 0.6) is 5.75 Å². The predicted octanol–water partition coefficient (Wildman–Crippen LogP) is 2.37. The highest BCUT2D eigenvalue weighted by Crippen LogP contribution is 2.44. The Balaban J connectivity index is 3.05. The standard InChI is InChI=1S/C7H7ClNO6P/c1-14-16(12,13)15-5-2-3-6(8)7(4-5)9(10)11/h2-4H,1H3,(H,12,13). The van der Waals surface area contributed by atoms with Crippen LogP contribution in [0.1, 0.15) is 0 Å². The van der Waals surface area contributed by atoms with Gasteiger partial charge < -0.3 is 4.52 Å². The highest BCUT2D eigenvalue weighted by Gasteiger charge is 2.22. The van der Waals surface area contributed by atoms with Crippen molar-refractivity contribution >= 4 is 25.1 Å². The van der Waals surface area contributed by atoms with E-state index < -0.39 is 18.4 Å². The SMILES string of the molecule is COP(=O)(O)Oc1ccc(Cl)c([N+](=O)[O-])c1. The van der Waals surface area contributed by atoms with E-state index in [1.165, 1.54) is 12.1 Å². The average molecular weight is 268 g/mol. The van der Waals surface area contributed by atoms with Gasteiger partial charge in [-0.2, -0.15) is 0 Å². The number of rotatable bonds is 4. The van der Waals surface area contributed by atoms with E-state index in [1.807, 2.05) is 0 Å². The predicted molar refractivity (Wildman–Crippen MR) is 55.6 cm³/mol. The average Bonchev–Trinajstić information content (AvgIpc) is 2.20. The summed E-state index contributed by atoms with van der Waals surface area (Å²) in [5.41, 5.74) is -0.421. The molecule has 0 aliphatic rings. The third kappa shape index (κ3) is 3.18. The molecule has 0 radical (unpaired) electrons. The molecular formula is C7H7ClNO6P. The van der Waals surface area contributed by atoms with Gasteiger partial charge in [0.05, 0.1) is 11.0 Å². The molecule has 0 fully saturated rings. The third-order valence-corrected chi connectivity index (χ3v) is 2.79. The molecule has 0 aromatic heterocycles. The first-order valence-electron chi connectivity index (χ1n) is 3.88. The van der Waals surface area contributed by atoms with Crippen LogP contribution >= 0.6 is 19.4 Å². The van der Waals surface area contributed by atoms with Crippen LogP contribution in [-0.4, -0.2) is 16.9 Å². The summed E-state index contributed by atoms with van der Waals surface area (Å²) in [6, 6.07) is 3.34. The van der Waals surface area contributed by atoms with Crippen molar-refractivity contribution in [2.45, 2.75) is 0 Å². The molecule has 9 heteroatoms. The number of hydrogen-bond donors (Lipinski definition) is 1. The van der Waals surface area contributed by atoms with Gasteiger partial charge in [0, 0.05) is 7.11 Å². The molecule has 1 aromatic carbocycles. The minimum Gasteiger partial charge on any atom is -0.404 e. The molecule has 0 bridgehead atoms. The first kappa shape index (κ1) is 12.9. The molecule has 0 aliphatic heterocycles. The fraction of sp³-hybridized carbons (Fsp3) is 0.143. The van der Waals surface area contributed by atoms with E-state index in [9.17, 15) is 14.7 Å². The highest BCUT2D eigenvalue weighted by molar-refractivity contribution is 7.47. The molecule has 88 valence electrons. The summed E-state index contributed by atoms with van der Waals surface area (Å²) in [6.45, 7) is 0. The van der Waals surface area contributed by atoms with Crippen molar-refractivity contribution in [2.75, 3.05) is 7.11 Å². The summed E-state index contributed by atoms with van der Waals surface area (Å²) in [6.07, 6.45) is 0. The Morgan fingerprint density at radius 1 is 1.56 bits per heavy atom. The summed E-state index contributed by atoms with van der Waals surface area (Å²) < 4.78 is 19.7. The van der Waals surface area contributed by atoms with E-state index in [-0.39, 0.29) is 10.8 Å². The molecule has 1 atom stereocenters. The molecule has 1 aromatic rings. The number of phosphoric ester groups is 1. The Morgan fingerprint density at radius 2 is 2.19 bits per heavy atom. The van der Waals surface area contributed by atoms with E-state index in [1.54, 1.807) is 0 Å². The van der Waals surface area contributed by atoms with Crippen molar-refractivity contribution in [3.05, 3.63) is 33.3 Å². The molecule has 0 aliphatic carbocycles. The Kier molecular flexibility index (Phi) is 3.88. The number of halogens is 1. The van der Waals surface area contributed by atoms with Crippen molar-refractivity contribution in [1.29, 1.82) is 0 Å². The second-order valence-electron chi connectivity index (χ2n) is 2.61. The normalized spacial score (nSPS) is 14.2. The molecule has 0 spiro atoms. The van der Waals surface area contributed by atoms with Gasteiger partial charge in [-0.15, -0.1) is 0 Å². The Morgan fingerprint density at radius 3 is 2.69 bits per heavy atom. The summed E-state index contributed by atoms with van der Waals surface area (Å²) in [7, 11) is -3.25. The van der Waals surface area contributed by atoms with Crippen LogP contribution < -0.4 is 4.52 Å². The molecule has 0 amide bonds. The van der Waals surface area contributed by atoms with E-state index in [4.69, 9.17) is 16.5 Å². The maximum Gasteiger partial charge on any atom is 0.527 e. The van der Waals surface area contributed by atoms with E-state index in [0.717, 1.165) is 13.2 Å². The minimum absolute atomic E-state index is 0.0949. The van der Waals surface area contributed by atoms with Crippen LogP contribution in [0.15, 0.2) is 18.2 Å². The quantitative estimate of drug-likeness (QED) is 0.511. The van der Waals surface area contributed by atoms with Crippen LogP contribution in [0.3, 0.4) is 0 Å². The van der Waals surface area contributed by atoms with Gasteiger partial charge in [-0.05, 0) is 12.1 Å². The first-order chi connectivity index (χ1) is 7.35. The van der Waals surface area contributed by atoms with Gasteiger partial charge in [-0.3, -0.25) is 19.5 Å². The van der Waals surface area contributed by atoms with E-state index >= 15 is 0 Å². The molecule has 1 N–H and O–H groups in total. The van der Waals surface area contributed by atoms with Crippen LogP contribution in [0, 0.1) is 10.1 Å². The van der Waals surface area contributed by atoms with Crippen LogP contribution in [0.4, 0.5) is 5.69 Å². The maximum absolute atomic E-state index is 11.0. The van der Waals surface area contributed by atoms with Gasteiger partial charge in [0.1, 0.15) is 10.8 Å². The number of nitrogens with zero attached hydrogens (tertiary/aromatic N) is 1. The minimum atomic E-state index is -4.23. The zero-order chi connectivity index (χ0) is 12.3. The maximum atomic E-state index is 11.0. The van der Waals surface area contributed by atoms with Crippen molar-refractivity contribution in [2.24, 2.45) is 0 Å².